The first-order valence-corrected chi connectivity index (χ1v) is 7.66. The first-order valence-electron chi connectivity index (χ1n) is 6.90. The molecule has 1 aromatic rings. The Labute approximate surface area is 120 Å². The van der Waals surface area contributed by atoms with Gasteiger partial charge in [0.2, 0.25) is 0 Å². The van der Waals surface area contributed by atoms with Crippen LogP contribution in [0.5, 0.6) is 0 Å². The summed E-state index contributed by atoms with van der Waals surface area (Å²) in [5.41, 5.74) is 1.20. The van der Waals surface area contributed by atoms with Crippen LogP contribution in [0.2, 0.25) is 10.0 Å². The van der Waals surface area contributed by atoms with Gasteiger partial charge in [0, 0.05) is 6.54 Å². The second kappa shape index (κ2) is 7.37. The molecule has 0 heterocycles. The minimum atomic E-state index is 0.627. The Bertz CT molecular complexity index is 373. The zero-order valence-corrected chi connectivity index (χ0v) is 12.2. The molecule has 1 N–H and O–H groups in total. The smallest absolute Gasteiger partial charge is 0.0595 e. The van der Waals surface area contributed by atoms with Crippen molar-refractivity contribution in [1.29, 1.82) is 0 Å². The number of hydrogen-bond acceptors (Lipinski definition) is 1. The standard InChI is InChI=1S/C15H21Cl2N/c16-14-8-7-13(10-15(14)17)11-18-9-3-6-12-4-1-2-5-12/h7-8,10,12,18H,1-6,9,11H2. The van der Waals surface area contributed by atoms with Crippen molar-refractivity contribution in [3.8, 4) is 0 Å². The Morgan fingerprint density at radius 2 is 1.89 bits per heavy atom. The van der Waals surface area contributed by atoms with Gasteiger partial charge in [0.1, 0.15) is 0 Å². The molecule has 0 saturated heterocycles. The van der Waals surface area contributed by atoms with E-state index in [1.54, 1.807) is 0 Å². The summed E-state index contributed by atoms with van der Waals surface area (Å²) >= 11 is 11.9. The van der Waals surface area contributed by atoms with Gasteiger partial charge in [0.25, 0.3) is 0 Å². The van der Waals surface area contributed by atoms with Gasteiger partial charge in [0.05, 0.1) is 10.0 Å². The maximum absolute atomic E-state index is 5.98. The molecule has 1 aliphatic carbocycles. The van der Waals surface area contributed by atoms with Crippen molar-refractivity contribution in [2.24, 2.45) is 5.92 Å². The maximum Gasteiger partial charge on any atom is 0.0595 e. The lowest BCUT2D eigenvalue weighted by Gasteiger charge is -2.09. The largest absolute Gasteiger partial charge is 0.313 e. The summed E-state index contributed by atoms with van der Waals surface area (Å²) in [6.07, 6.45) is 8.46. The van der Waals surface area contributed by atoms with Crippen molar-refractivity contribution >= 4 is 23.2 Å². The van der Waals surface area contributed by atoms with Gasteiger partial charge in [-0.15, -0.1) is 0 Å². The molecule has 0 amide bonds. The average molecular weight is 286 g/mol. The third kappa shape index (κ3) is 4.46. The van der Waals surface area contributed by atoms with E-state index in [1.165, 1.54) is 44.1 Å². The third-order valence-corrected chi connectivity index (χ3v) is 4.49. The van der Waals surface area contributed by atoms with Crippen molar-refractivity contribution in [3.63, 3.8) is 0 Å². The monoisotopic (exact) mass is 285 g/mol. The zero-order chi connectivity index (χ0) is 12.8. The van der Waals surface area contributed by atoms with Crippen LogP contribution < -0.4 is 5.32 Å². The van der Waals surface area contributed by atoms with Gasteiger partial charge in [-0.3, -0.25) is 0 Å². The minimum absolute atomic E-state index is 0.627. The van der Waals surface area contributed by atoms with Crippen LogP contribution in [0.25, 0.3) is 0 Å². The van der Waals surface area contributed by atoms with E-state index in [2.05, 4.69) is 5.32 Å². The fraction of sp³-hybridized carbons (Fsp3) is 0.600. The minimum Gasteiger partial charge on any atom is -0.313 e. The van der Waals surface area contributed by atoms with Crippen molar-refractivity contribution in [1.82, 2.24) is 5.32 Å². The number of nitrogens with one attached hydrogen (secondary N) is 1. The highest BCUT2D eigenvalue weighted by Crippen LogP contribution is 2.28. The third-order valence-electron chi connectivity index (χ3n) is 3.75. The normalized spacial score (nSPS) is 16.3. The summed E-state index contributed by atoms with van der Waals surface area (Å²) in [5.74, 6) is 0.997. The molecule has 1 aliphatic rings. The lowest BCUT2D eigenvalue weighted by atomic mass is 10.0. The molecular formula is C15H21Cl2N. The summed E-state index contributed by atoms with van der Waals surface area (Å²) in [6.45, 7) is 1.97. The highest BCUT2D eigenvalue weighted by atomic mass is 35.5. The van der Waals surface area contributed by atoms with Gasteiger partial charge < -0.3 is 5.32 Å². The number of hydrogen-bond donors (Lipinski definition) is 1. The predicted octanol–water partition coefficient (Wildman–Crippen LogP) is 5.05. The number of rotatable bonds is 6. The first-order chi connectivity index (χ1) is 8.75. The van der Waals surface area contributed by atoms with E-state index in [0.717, 1.165) is 19.0 Å². The molecule has 0 atom stereocenters. The molecule has 0 aliphatic heterocycles. The summed E-state index contributed by atoms with van der Waals surface area (Å²) in [4.78, 5) is 0. The second-order valence-corrected chi connectivity index (χ2v) is 6.03. The maximum atomic E-state index is 5.98. The summed E-state index contributed by atoms with van der Waals surface area (Å²) in [5, 5.41) is 4.74. The SMILES string of the molecule is Clc1ccc(CNCCCC2CCCC2)cc1Cl. The summed E-state index contributed by atoms with van der Waals surface area (Å²) in [6, 6.07) is 5.82. The predicted molar refractivity (Wildman–Crippen MR) is 79.4 cm³/mol. The van der Waals surface area contributed by atoms with Crippen molar-refractivity contribution in [2.45, 2.75) is 45.1 Å². The molecule has 1 saturated carbocycles. The Balaban J connectivity index is 1.61. The van der Waals surface area contributed by atoms with Crippen molar-refractivity contribution in [3.05, 3.63) is 33.8 Å². The molecule has 3 heteroatoms. The van der Waals surface area contributed by atoms with Crippen LogP contribution in [0, 0.1) is 5.92 Å². The average Bonchev–Trinajstić information content (AvgIpc) is 2.86. The molecule has 0 unspecified atom stereocenters. The van der Waals surface area contributed by atoms with Crippen LogP contribution >= 0.6 is 23.2 Å². The number of benzene rings is 1. The van der Waals surface area contributed by atoms with Crippen LogP contribution in [0.15, 0.2) is 18.2 Å². The fourth-order valence-corrected chi connectivity index (χ4v) is 3.02. The quantitative estimate of drug-likeness (QED) is 0.721. The highest BCUT2D eigenvalue weighted by molar-refractivity contribution is 6.42. The summed E-state index contributed by atoms with van der Waals surface area (Å²) < 4.78 is 0. The highest BCUT2D eigenvalue weighted by Gasteiger charge is 2.13. The van der Waals surface area contributed by atoms with Gasteiger partial charge in [-0.05, 0) is 43.0 Å². The Kier molecular flexibility index (Phi) is 5.81. The topological polar surface area (TPSA) is 12.0 Å². The summed E-state index contributed by atoms with van der Waals surface area (Å²) in [7, 11) is 0. The molecule has 1 fully saturated rings. The van der Waals surface area contributed by atoms with E-state index in [4.69, 9.17) is 23.2 Å². The molecule has 100 valence electrons. The molecule has 0 spiro atoms. The second-order valence-electron chi connectivity index (χ2n) is 5.22. The number of halogens is 2. The lowest BCUT2D eigenvalue weighted by Crippen LogP contribution is -2.15. The van der Waals surface area contributed by atoms with Crippen LogP contribution in [0.1, 0.15) is 44.1 Å². The van der Waals surface area contributed by atoms with Crippen molar-refractivity contribution < 1.29 is 0 Å². The molecule has 0 bridgehead atoms. The molecule has 1 aromatic carbocycles. The Morgan fingerprint density at radius 1 is 1.11 bits per heavy atom. The molecule has 18 heavy (non-hydrogen) atoms. The van der Waals surface area contributed by atoms with E-state index < -0.39 is 0 Å². The Morgan fingerprint density at radius 3 is 2.61 bits per heavy atom. The fourth-order valence-electron chi connectivity index (χ4n) is 2.70. The van der Waals surface area contributed by atoms with Gasteiger partial charge >= 0.3 is 0 Å². The van der Waals surface area contributed by atoms with Crippen molar-refractivity contribution in [2.75, 3.05) is 6.54 Å². The van der Waals surface area contributed by atoms with Crippen LogP contribution in [0.4, 0.5) is 0 Å². The molecule has 2 rings (SSSR count). The zero-order valence-electron chi connectivity index (χ0n) is 10.7. The van der Waals surface area contributed by atoms with E-state index in [9.17, 15) is 0 Å². The van der Waals surface area contributed by atoms with Crippen LogP contribution in [-0.2, 0) is 6.54 Å². The van der Waals surface area contributed by atoms with Gasteiger partial charge in [-0.25, -0.2) is 0 Å². The first kappa shape index (κ1) is 14.2. The molecule has 0 aromatic heterocycles. The van der Waals surface area contributed by atoms with E-state index in [1.807, 2.05) is 18.2 Å². The van der Waals surface area contributed by atoms with Gasteiger partial charge in [-0.2, -0.15) is 0 Å². The lowest BCUT2D eigenvalue weighted by molar-refractivity contribution is 0.470. The molecular weight excluding hydrogens is 265 g/mol. The van der Waals surface area contributed by atoms with Crippen LogP contribution in [-0.4, -0.2) is 6.54 Å². The van der Waals surface area contributed by atoms with E-state index in [0.29, 0.717) is 10.0 Å². The van der Waals surface area contributed by atoms with Crippen LogP contribution in [0.3, 0.4) is 0 Å². The van der Waals surface area contributed by atoms with E-state index >= 15 is 0 Å². The van der Waals surface area contributed by atoms with Gasteiger partial charge in [0.15, 0.2) is 0 Å². The molecule has 1 nitrogen and oxygen atoms in total. The van der Waals surface area contributed by atoms with E-state index in [-0.39, 0.29) is 0 Å². The Hall–Kier alpha value is -0.240. The molecule has 0 radical (unpaired) electrons. The van der Waals surface area contributed by atoms with Gasteiger partial charge in [-0.1, -0.05) is 55.0 Å².